The van der Waals surface area contributed by atoms with Gasteiger partial charge in [0.05, 0.1) is 18.2 Å². The van der Waals surface area contributed by atoms with Gasteiger partial charge in [0.15, 0.2) is 0 Å². The maximum atomic E-state index is 11.5. The Morgan fingerprint density at radius 2 is 1.95 bits per heavy atom. The monoisotopic (exact) mass is 269 g/mol. The highest BCUT2D eigenvalue weighted by Gasteiger charge is 2.19. The number of Topliss-reactive ketones (excluding diaryl/α,β-unsaturated/α-hetero) is 1. The first-order valence-electron chi connectivity index (χ1n) is 5.70. The van der Waals surface area contributed by atoms with Gasteiger partial charge in [0, 0.05) is 11.9 Å². The van der Waals surface area contributed by atoms with Crippen LogP contribution in [0.15, 0.2) is 36.0 Å². The lowest BCUT2D eigenvalue weighted by Gasteiger charge is -2.02. The fourth-order valence-corrected chi connectivity index (χ4v) is 1.25. The van der Waals surface area contributed by atoms with Crippen LogP contribution in [0.4, 0.5) is 5.69 Å². The molecule has 0 unspecified atom stereocenters. The zero-order chi connectivity index (χ0) is 15.0. The number of nitriles is 2. The van der Waals surface area contributed by atoms with Crippen LogP contribution in [0.3, 0.4) is 0 Å². The number of benzene rings is 1. The molecule has 0 aliphatic rings. The molecule has 0 saturated carbocycles. The normalized spacial score (nSPS) is 10.1. The van der Waals surface area contributed by atoms with Gasteiger partial charge in [-0.05, 0) is 31.2 Å². The summed E-state index contributed by atoms with van der Waals surface area (Å²) < 4.78 is 4.52. The van der Waals surface area contributed by atoms with Gasteiger partial charge in [-0.15, -0.1) is 0 Å². The Morgan fingerprint density at radius 3 is 2.45 bits per heavy atom. The van der Waals surface area contributed by atoms with Gasteiger partial charge in [-0.1, -0.05) is 0 Å². The van der Waals surface area contributed by atoms with Crippen LogP contribution in [0, 0.1) is 22.7 Å². The average Bonchev–Trinajstić information content (AvgIpc) is 2.48. The number of hydrogen-bond acceptors (Lipinski definition) is 6. The second-order valence-corrected chi connectivity index (χ2v) is 3.55. The van der Waals surface area contributed by atoms with Crippen molar-refractivity contribution >= 4 is 17.4 Å². The van der Waals surface area contributed by atoms with Crippen molar-refractivity contribution in [3.8, 4) is 12.1 Å². The predicted octanol–water partition coefficient (Wildman–Crippen LogP) is 1.51. The van der Waals surface area contributed by atoms with Crippen LogP contribution in [0.2, 0.25) is 0 Å². The number of anilines is 1. The lowest BCUT2D eigenvalue weighted by atomic mass is 10.2. The Balaban J connectivity index is 2.80. The molecule has 0 aliphatic carbocycles. The average molecular weight is 269 g/mol. The van der Waals surface area contributed by atoms with Gasteiger partial charge in [0.1, 0.15) is 11.6 Å². The van der Waals surface area contributed by atoms with Crippen molar-refractivity contribution < 1.29 is 14.3 Å². The molecular weight excluding hydrogens is 258 g/mol. The molecule has 0 amide bonds. The summed E-state index contributed by atoms with van der Waals surface area (Å²) >= 11 is 0. The molecule has 6 heteroatoms. The molecule has 100 valence electrons. The number of esters is 1. The van der Waals surface area contributed by atoms with Crippen molar-refractivity contribution in [3.05, 3.63) is 41.6 Å². The van der Waals surface area contributed by atoms with Crippen LogP contribution in [-0.4, -0.2) is 18.4 Å². The molecule has 1 rings (SSSR count). The molecular formula is C14H11N3O3. The zero-order valence-electron chi connectivity index (χ0n) is 10.7. The van der Waals surface area contributed by atoms with Gasteiger partial charge >= 0.3 is 5.97 Å². The Hall–Kier alpha value is -3.12. The largest absolute Gasteiger partial charge is 0.460 e. The summed E-state index contributed by atoms with van der Waals surface area (Å²) in [6.07, 6.45) is 1.13. The molecule has 0 radical (unpaired) electrons. The van der Waals surface area contributed by atoms with E-state index in [-0.39, 0.29) is 12.2 Å². The van der Waals surface area contributed by atoms with Crippen LogP contribution in [0.25, 0.3) is 0 Å². The predicted molar refractivity (Wildman–Crippen MR) is 70.1 cm³/mol. The molecule has 1 N–H and O–H groups in total. The smallest absolute Gasteiger partial charge is 0.380 e. The van der Waals surface area contributed by atoms with E-state index in [4.69, 9.17) is 10.5 Å². The Bertz CT molecular complexity index is 619. The van der Waals surface area contributed by atoms with Crippen molar-refractivity contribution in [2.45, 2.75) is 6.92 Å². The van der Waals surface area contributed by atoms with Gasteiger partial charge in [0.2, 0.25) is 0 Å². The summed E-state index contributed by atoms with van der Waals surface area (Å²) in [5.74, 6) is -2.07. The molecule has 0 fully saturated rings. The number of ketones is 1. The van der Waals surface area contributed by atoms with Crippen LogP contribution in [-0.2, 0) is 14.3 Å². The number of rotatable bonds is 5. The quantitative estimate of drug-likeness (QED) is 0.376. The van der Waals surface area contributed by atoms with Crippen LogP contribution < -0.4 is 5.32 Å². The maximum Gasteiger partial charge on any atom is 0.380 e. The SMILES string of the molecule is CCOC(=O)C(=O)/C(C#N)=C\Nc1ccc(C#N)cc1. The van der Waals surface area contributed by atoms with E-state index < -0.39 is 11.8 Å². The summed E-state index contributed by atoms with van der Waals surface area (Å²) in [6, 6.07) is 9.97. The third-order valence-corrected chi connectivity index (χ3v) is 2.22. The molecule has 0 aromatic heterocycles. The lowest BCUT2D eigenvalue weighted by molar-refractivity contribution is -0.151. The minimum Gasteiger partial charge on any atom is -0.460 e. The molecule has 0 aliphatic heterocycles. The highest BCUT2D eigenvalue weighted by molar-refractivity contribution is 6.41. The van der Waals surface area contributed by atoms with Gasteiger partial charge in [-0.2, -0.15) is 10.5 Å². The standard InChI is InChI=1S/C14H11N3O3/c1-2-20-14(19)13(18)11(8-16)9-17-12-5-3-10(7-15)4-6-12/h3-6,9,17H,2H2,1H3/b11-9-. The van der Waals surface area contributed by atoms with Gasteiger partial charge in [0.25, 0.3) is 5.78 Å². The van der Waals surface area contributed by atoms with Crippen LogP contribution in [0.1, 0.15) is 12.5 Å². The van der Waals surface area contributed by atoms with Crippen molar-refractivity contribution in [2.24, 2.45) is 0 Å². The Kier molecular flexibility index (Phi) is 5.49. The Morgan fingerprint density at radius 1 is 1.30 bits per heavy atom. The number of carbonyl (C=O) groups excluding carboxylic acids is 2. The molecule has 1 aromatic carbocycles. The number of carbonyl (C=O) groups is 2. The molecule has 0 saturated heterocycles. The third kappa shape index (κ3) is 3.97. The molecule has 0 spiro atoms. The van der Waals surface area contributed by atoms with Crippen molar-refractivity contribution in [2.75, 3.05) is 11.9 Å². The first kappa shape index (κ1) is 14.9. The van der Waals surface area contributed by atoms with E-state index in [0.717, 1.165) is 6.20 Å². The van der Waals surface area contributed by atoms with Gasteiger partial charge in [-0.3, -0.25) is 4.79 Å². The maximum absolute atomic E-state index is 11.5. The fraction of sp³-hybridized carbons (Fsp3) is 0.143. The van der Waals surface area contributed by atoms with Gasteiger partial charge < -0.3 is 10.1 Å². The topological polar surface area (TPSA) is 103 Å². The second kappa shape index (κ2) is 7.34. The van der Waals surface area contributed by atoms with E-state index in [1.54, 1.807) is 37.3 Å². The minimum atomic E-state index is -1.07. The van der Waals surface area contributed by atoms with E-state index >= 15 is 0 Å². The van der Waals surface area contributed by atoms with Crippen LogP contribution >= 0.6 is 0 Å². The summed E-state index contributed by atoms with van der Waals surface area (Å²) in [7, 11) is 0. The van der Waals surface area contributed by atoms with Gasteiger partial charge in [-0.25, -0.2) is 4.79 Å². The highest BCUT2D eigenvalue weighted by atomic mass is 16.5. The Labute approximate surface area is 115 Å². The second-order valence-electron chi connectivity index (χ2n) is 3.55. The highest BCUT2D eigenvalue weighted by Crippen LogP contribution is 2.09. The van der Waals surface area contributed by atoms with Crippen molar-refractivity contribution in [1.29, 1.82) is 10.5 Å². The summed E-state index contributed by atoms with van der Waals surface area (Å²) in [6.45, 7) is 1.63. The van der Waals surface area contributed by atoms with E-state index in [0.29, 0.717) is 11.3 Å². The number of hydrogen-bond donors (Lipinski definition) is 1. The first-order chi connectivity index (χ1) is 9.62. The summed E-state index contributed by atoms with van der Waals surface area (Å²) in [5.41, 5.74) is 0.712. The number of nitrogens with one attached hydrogen (secondary N) is 1. The number of nitrogens with zero attached hydrogens (tertiary/aromatic N) is 2. The summed E-state index contributed by atoms with van der Waals surface area (Å²) in [4.78, 5) is 22.7. The molecule has 1 aromatic rings. The molecule has 20 heavy (non-hydrogen) atoms. The van der Waals surface area contributed by atoms with E-state index in [1.807, 2.05) is 6.07 Å². The van der Waals surface area contributed by atoms with Crippen molar-refractivity contribution in [1.82, 2.24) is 0 Å². The summed E-state index contributed by atoms with van der Waals surface area (Å²) in [5, 5.41) is 20.2. The number of ether oxygens (including phenoxy) is 1. The first-order valence-corrected chi connectivity index (χ1v) is 5.70. The lowest BCUT2D eigenvalue weighted by Crippen LogP contribution is -2.19. The molecule has 6 nitrogen and oxygen atoms in total. The van der Waals surface area contributed by atoms with E-state index in [1.165, 1.54) is 0 Å². The third-order valence-electron chi connectivity index (χ3n) is 2.22. The van der Waals surface area contributed by atoms with E-state index in [9.17, 15) is 9.59 Å². The van der Waals surface area contributed by atoms with E-state index in [2.05, 4.69) is 10.1 Å². The minimum absolute atomic E-state index is 0.0618. The van der Waals surface area contributed by atoms with Crippen LogP contribution in [0.5, 0.6) is 0 Å². The molecule has 0 atom stereocenters. The molecule has 0 heterocycles. The van der Waals surface area contributed by atoms with Crippen molar-refractivity contribution in [3.63, 3.8) is 0 Å². The fourth-order valence-electron chi connectivity index (χ4n) is 1.25. The molecule has 0 bridgehead atoms. The zero-order valence-corrected chi connectivity index (χ0v) is 10.7.